The van der Waals surface area contributed by atoms with Gasteiger partial charge < -0.3 is 14.1 Å². The van der Waals surface area contributed by atoms with Crippen LogP contribution >= 0.6 is 0 Å². The minimum Gasteiger partial charge on any atom is -0.422 e. The van der Waals surface area contributed by atoms with Crippen molar-refractivity contribution in [3.63, 3.8) is 0 Å². The molecule has 0 amide bonds. The van der Waals surface area contributed by atoms with Gasteiger partial charge in [0.15, 0.2) is 0 Å². The van der Waals surface area contributed by atoms with Crippen molar-refractivity contribution in [3.05, 3.63) is 116 Å². The van der Waals surface area contributed by atoms with Gasteiger partial charge in [0.25, 0.3) is 5.69 Å². The van der Waals surface area contributed by atoms with Gasteiger partial charge in [0, 0.05) is 43.9 Å². The molecule has 4 aromatic rings. The lowest BCUT2D eigenvalue weighted by atomic mass is 10.1. The van der Waals surface area contributed by atoms with Crippen molar-refractivity contribution >= 4 is 46.0 Å². The highest BCUT2D eigenvalue weighted by atomic mass is 16.6. The lowest BCUT2D eigenvalue weighted by molar-refractivity contribution is -0.384. The summed E-state index contributed by atoms with van der Waals surface area (Å²) >= 11 is 0. The second-order valence-electron chi connectivity index (χ2n) is 8.84. The van der Waals surface area contributed by atoms with E-state index in [1.807, 2.05) is 48.5 Å². The van der Waals surface area contributed by atoms with Gasteiger partial charge in [-0.3, -0.25) is 20.1 Å². The Balaban J connectivity index is 1.40. The number of morpholine rings is 1. The second kappa shape index (κ2) is 11.7. The molecule has 0 spiro atoms. The molecule has 1 saturated heterocycles. The molecule has 9 nitrogen and oxygen atoms in total. The summed E-state index contributed by atoms with van der Waals surface area (Å²) < 4.78 is 11.2. The van der Waals surface area contributed by atoms with Crippen LogP contribution in [0.15, 0.2) is 98.1 Å². The molecule has 1 fully saturated rings. The minimum absolute atomic E-state index is 0.0365. The molecule has 196 valence electrons. The van der Waals surface area contributed by atoms with Crippen LogP contribution < -0.4 is 10.5 Å². The van der Waals surface area contributed by atoms with Crippen LogP contribution in [0.3, 0.4) is 0 Å². The van der Waals surface area contributed by atoms with E-state index < -0.39 is 10.5 Å². The number of non-ortho nitro benzene ring substituents is 1. The molecular formula is C30H26N4O5. The number of fused-ring (bicyclic) bond motifs is 1. The van der Waals surface area contributed by atoms with Crippen LogP contribution in [0, 0.1) is 10.1 Å². The quantitative estimate of drug-likeness (QED) is 0.139. The fourth-order valence-electron chi connectivity index (χ4n) is 4.43. The fourth-order valence-corrected chi connectivity index (χ4v) is 4.43. The monoisotopic (exact) mass is 522 g/mol. The zero-order valence-corrected chi connectivity index (χ0v) is 21.3. The van der Waals surface area contributed by atoms with Gasteiger partial charge in [-0.25, -0.2) is 4.79 Å². The molecule has 0 saturated carbocycles. The number of nitrogens with zero attached hydrogens (tertiary/aromatic N) is 4. The van der Waals surface area contributed by atoms with Gasteiger partial charge in [-0.05, 0) is 59.7 Å². The normalized spacial score (nSPS) is 14.5. The second-order valence-corrected chi connectivity index (χ2v) is 8.84. The first-order valence-electron chi connectivity index (χ1n) is 12.5. The summed E-state index contributed by atoms with van der Waals surface area (Å²) in [5.74, 6) is 0. The minimum atomic E-state index is -0.433. The number of aliphatic imine (C=N–C) groups is 2. The first-order valence-corrected chi connectivity index (χ1v) is 12.5. The topological polar surface area (TPSA) is 111 Å². The Kier molecular flexibility index (Phi) is 7.70. The maximum absolute atomic E-state index is 13.1. The van der Waals surface area contributed by atoms with Crippen molar-refractivity contribution in [1.29, 1.82) is 0 Å². The third kappa shape index (κ3) is 5.83. The van der Waals surface area contributed by atoms with E-state index >= 15 is 0 Å². The van der Waals surface area contributed by atoms with Crippen LogP contribution in [0.4, 0.5) is 17.1 Å². The molecule has 9 heteroatoms. The highest BCUT2D eigenvalue weighted by Gasteiger charge is 2.20. The SMILES string of the molecule is CN=C(/C=C/c1c(N2CCOCC2)c2ccccc2oc1=O)c1ccc(N=Cc2ccc([N+](=O)[O-])cc2)cc1. The average Bonchev–Trinajstić information content (AvgIpc) is 2.97. The van der Waals surface area contributed by atoms with Crippen LogP contribution in [-0.2, 0) is 4.74 Å². The third-order valence-electron chi connectivity index (χ3n) is 6.43. The van der Waals surface area contributed by atoms with Crippen molar-refractivity contribution in [1.82, 2.24) is 0 Å². The van der Waals surface area contributed by atoms with Crippen LogP contribution in [-0.4, -0.2) is 50.2 Å². The molecule has 1 aliphatic rings. The van der Waals surface area contributed by atoms with E-state index in [9.17, 15) is 14.9 Å². The van der Waals surface area contributed by atoms with E-state index in [0.717, 1.165) is 27.9 Å². The van der Waals surface area contributed by atoms with Gasteiger partial charge in [-0.1, -0.05) is 24.3 Å². The standard InChI is InChI=1S/C30H26N4O5/c1-31-27(22-8-10-23(11-9-22)32-20-21-6-12-24(13-7-21)34(36)37)15-14-26-29(33-16-18-38-19-17-33)25-4-2-3-5-28(25)39-30(26)35/h2-15,20H,16-19H2,1H3/b15-14+,31-27?,32-20?. The molecular weight excluding hydrogens is 496 g/mol. The molecule has 0 unspecified atom stereocenters. The third-order valence-corrected chi connectivity index (χ3v) is 6.43. The lowest BCUT2D eigenvalue weighted by Crippen LogP contribution is -2.37. The van der Waals surface area contributed by atoms with Crippen molar-refractivity contribution in [2.75, 3.05) is 38.3 Å². The van der Waals surface area contributed by atoms with Crippen LogP contribution in [0.5, 0.6) is 0 Å². The molecule has 0 radical (unpaired) electrons. The maximum Gasteiger partial charge on any atom is 0.345 e. The summed E-state index contributed by atoms with van der Waals surface area (Å²) in [5, 5.41) is 11.7. The van der Waals surface area contributed by atoms with Gasteiger partial charge in [0.1, 0.15) is 5.58 Å². The molecule has 1 aromatic heterocycles. The highest BCUT2D eigenvalue weighted by molar-refractivity contribution is 6.11. The maximum atomic E-state index is 13.1. The van der Waals surface area contributed by atoms with Crippen LogP contribution in [0.25, 0.3) is 17.0 Å². The fraction of sp³-hybridized carbons (Fsp3) is 0.167. The molecule has 0 N–H and O–H groups in total. The predicted octanol–water partition coefficient (Wildman–Crippen LogP) is 5.42. The number of ether oxygens (including phenoxy) is 1. The van der Waals surface area contributed by atoms with E-state index in [-0.39, 0.29) is 5.69 Å². The van der Waals surface area contributed by atoms with Gasteiger partial charge in [0.2, 0.25) is 0 Å². The molecule has 3 aromatic carbocycles. The summed E-state index contributed by atoms with van der Waals surface area (Å²) in [6, 6.07) is 21.3. The van der Waals surface area contributed by atoms with Crippen LogP contribution in [0.2, 0.25) is 0 Å². The molecule has 1 aliphatic heterocycles. The number of nitro benzene ring substituents is 1. The van der Waals surface area contributed by atoms with Gasteiger partial charge in [-0.2, -0.15) is 0 Å². The van der Waals surface area contributed by atoms with Crippen molar-refractivity contribution in [2.24, 2.45) is 9.98 Å². The number of nitro groups is 1. The number of hydrogen-bond donors (Lipinski definition) is 0. The van der Waals surface area contributed by atoms with E-state index in [2.05, 4.69) is 14.9 Å². The van der Waals surface area contributed by atoms with Crippen molar-refractivity contribution < 1.29 is 14.1 Å². The van der Waals surface area contributed by atoms with E-state index in [1.165, 1.54) is 12.1 Å². The summed E-state index contributed by atoms with van der Waals surface area (Å²) in [7, 11) is 1.70. The summed E-state index contributed by atoms with van der Waals surface area (Å²) in [5.41, 5.74) is 4.54. The zero-order valence-electron chi connectivity index (χ0n) is 21.3. The number of hydrogen-bond acceptors (Lipinski definition) is 8. The Morgan fingerprint density at radius 1 is 1.00 bits per heavy atom. The Hall–Kier alpha value is -4.89. The molecule has 5 rings (SSSR count). The molecule has 0 aliphatic carbocycles. The predicted molar refractivity (Wildman–Crippen MR) is 154 cm³/mol. The Morgan fingerprint density at radius 2 is 1.72 bits per heavy atom. The van der Waals surface area contributed by atoms with Gasteiger partial charge >= 0.3 is 5.63 Å². The Bertz CT molecular complexity index is 1630. The number of para-hydroxylation sites is 1. The Labute approximate surface area is 224 Å². The molecule has 39 heavy (non-hydrogen) atoms. The van der Waals surface area contributed by atoms with Crippen molar-refractivity contribution in [3.8, 4) is 0 Å². The average molecular weight is 523 g/mol. The number of rotatable bonds is 7. The highest BCUT2D eigenvalue weighted by Crippen LogP contribution is 2.30. The summed E-state index contributed by atoms with van der Waals surface area (Å²) in [6.07, 6.45) is 5.24. The smallest absolute Gasteiger partial charge is 0.345 e. The van der Waals surface area contributed by atoms with E-state index in [0.29, 0.717) is 43.2 Å². The molecule has 2 heterocycles. The first kappa shape index (κ1) is 25.7. The van der Waals surface area contributed by atoms with Crippen molar-refractivity contribution in [2.45, 2.75) is 0 Å². The van der Waals surface area contributed by atoms with Crippen LogP contribution in [0.1, 0.15) is 16.7 Å². The van der Waals surface area contributed by atoms with Gasteiger partial charge in [0.05, 0.1) is 40.8 Å². The van der Waals surface area contributed by atoms with E-state index in [1.54, 1.807) is 37.5 Å². The zero-order chi connectivity index (χ0) is 27.2. The number of benzene rings is 3. The van der Waals surface area contributed by atoms with Gasteiger partial charge in [-0.15, -0.1) is 0 Å². The lowest BCUT2D eigenvalue weighted by Gasteiger charge is -2.30. The largest absolute Gasteiger partial charge is 0.422 e. The molecule has 0 bridgehead atoms. The number of allylic oxidation sites excluding steroid dienone is 1. The Morgan fingerprint density at radius 3 is 2.41 bits per heavy atom. The van der Waals surface area contributed by atoms with E-state index in [4.69, 9.17) is 9.15 Å². The number of anilines is 1. The first-order chi connectivity index (χ1) is 19.0. The molecule has 0 atom stereocenters. The summed E-state index contributed by atoms with van der Waals surface area (Å²) in [4.78, 5) is 34.5. The summed E-state index contributed by atoms with van der Waals surface area (Å²) in [6.45, 7) is 2.56.